The molecular weight excluding hydrogens is 348 g/mol. The molecule has 0 amide bonds. The number of hydrogen-bond donors (Lipinski definition) is 1. The summed E-state index contributed by atoms with van der Waals surface area (Å²) in [7, 11) is -3.74. The van der Waals surface area contributed by atoms with Crippen LogP contribution in [0.5, 0.6) is 0 Å². The topological polar surface area (TPSA) is 60.9 Å². The minimum Gasteiger partial charge on any atom is -0.390 e. The van der Waals surface area contributed by atoms with E-state index in [4.69, 9.17) is 0 Å². The molecule has 3 rings (SSSR count). The van der Waals surface area contributed by atoms with E-state index in [1.165, 1.54) is 4.31 Å². The standard InChI is InChI=1S/C20H26N2O3S/c1-17-9-11-20(12-10-17)26(24,25)22(18-7-3-2-4-8-18)16-19(23)15-21-13-5-6-14-21/h2-4,7-12,19,23H,5-6,13-16H2,1H3/t19-/m0/s1. The Morgan fingerprint density at radius 2 is 1.65 bits per heavy atom. The van der Waals surface area contributed by atoms with E-state index in [-0.39, 0.29) is 11.4 Å². The van der Waals surface area contributed by atoms with Crippen molar-refractivity contribution >= 4 is 15.7 Å². The number of para-hydroxylation sites is 1. The second kappa shape index (κ2) is 8.20. The number of hydrogen-bond acceptors (Lipinski definition) is 4. The monoisotopic (exact) mass is 374 g/mol. The van der Waals surface area contributed by atoms with E-state index < -0.39 is 16.1 Å². The quantitative estimate of drug-likeness (QED) is 0.809. The predicted molar refractivity (Wildman–Crippen MR) is 104 cm³/mol. The van der Waals surface area contributed by atoms with Gasteiger partial charge in [-0.15, -0.1) is 0 Å². The zero-order chi connectivity index (χ0) is 18.6. The van der Waals surface area contributed by atoms with Crippen LogP contribution >= 0.6 is 0 Å². The number of aliphatic hydroxyl groups is 1. The average Bonchev–Trinajstić information content (AvgIpc) is 3.13. The summed E-state index contributed by atoms with van der Waals surface area (Å²) in [6.07, 6.45) is 1.53. The molecule has 0 aromatic heterocycles. The van der Waals surface area contributed by atoms with Crippen LogP contribution in [0.1, 0.15) is 18.4 Å². The molecule has 0 bridgehead atoms. The van der Waals surface area contributed by atoms with Crippen molar-refractivity contribution in [3.05, 3.63) is 60.2 Å². The Morgan fingerprint density at radius 3 is 2.27 bits per heavy atom. The van der Waals surface area contributed by atoms with Gasteiger partial charge in [-0.25, -0.2) is 8.42 Å². The Labute approximate surface area is 155 Å². The molecule has 0 aliphatic carbocycles. The molecule has 0 spiro atoms. The number of rotatable bonds is 7. The van der Waals surface area contributed by atoms with Crippen LogP contribution in [0.3, 0.4) is 0 Å². The number of anilines is 1. The fourth-order valence-electron chi connectivity index (χ4n) is 3.29. The number of nitrogens with zero attached hydrogens (tertiary/aromatic N) is 2. The van der Waals surface area contributed by atoms with Crippen molar-refractivity contribution in [2.45, 2.75) is 30.8 Å². The van der Waals surface area contributed by atoms with Gasteiger partial charge in [0, 0.05) is 6.54 Å². The lowest BCUT2D eigenvalue weighted by molar-refractivity contribution is 0.132. The van der Waals surface area contributed by atoms with Gasteiger partial charge in [0.25, 0.3) is 10.0 Å². The van der Waals surface area contributed by atoms with Crippen LogP contribution in [-0.4, -0.2) is 50.7 Å². The summed E-state index contributed by atoms with van der Waals surface area (Å²) in [5.74, 6) is 0. The lowest BCUT2D eigenvalue weighted by Gasteiger charge is -2.28. The maximum Gasteiger partial charge on any atom is 0.264 e. The normalized spacial score (nSPS) is 16.5. The maximum atomic E-state index is 13.2. The first-order chi connectivity index (χ1) is 12.5. The summed E-state index contributed by atoms with van der Waals surface area (Å²) in [4.78, 5) is 2.42. The molecule has 0 saturated carbocycles. The van der Waals surface area contributed by atoms with Crippen LogP contribution < -0.4 is 4.31 Å². The smallest absolute Gasteiger partial charge is 0.264 e. The van der Waals surface area contributed by atoms with E-state index in [1.807, 2.05) is 13.0 Å². The Bertz CT molecular complexity index is 801. The van der Waals surface area contributed by atoms with Crippen molar-refractivity contribution in [1.82, 2.24) is 4.90 Å². The molecule has 1 heterocycles. The molecule has 0 unspecified atom stereocenters. The zero-order valence-corrected chi connectivity index (χ0v) is 15.9. The highest BCUT2D eigenvalue weighted by molar-refractivity contribution is 7.92. The van der Waals surface area contributed by atoms with Gasteiger partial charge >= 0.3 is 0 Å². The SMILES string of the molecule is Cc1ccc(S(=O)(=O)N(C[C@@H](O)CN2CCCC2)c2ccccc2)cc1. The van der Waals surface area contributed by atoms with Crippen LogP contribution in [-0.2, 0) is 10.0 Å². The third-order valence-electron chi connectivity index (χ3n) is 4.70. The van der Waals surface area contributed by atoms with Crippen molar-refractivity contribution in [2.75, 3.05) is 30.5 Å². The number of benzene rings is 2. The molecule has 2 aromatic carbocycles. The Balaban J connectivity index is 1.86. The van der Waals surface area contributed by atoms with Crippen LogP contribution in [0, 0.1) is 6.92 Å². The predicted octanol–water partition coefficient (Wildman–Crippen LogP) is 2.65. The second-order valence-electron chi connectivity index (χ2n) is 6.85. The zero-order valence-electron chi connectivity index (χ0n) is 15.1. The number of β-amino-alcohol motifs (C(OH)–C–C–N with tert-alkyl or cyclic N) is 1. The van der Waals surface area contributed by atoms with E-state index >= 15 is 0 Å². The summed E-state index contributed by atoms with van der Waals surface area (Å²) >= 11 is 0. The highest BCUT2D eigenvalue weighted by atomic mass is 32.2. The van der Waals surface area contributed by atoms with Crippen molar-refractivity contribution in [2.24, 2.45) is 0 Å². The highest BCUT2D eigenvalue weighted by Gasteiger charge is 2.28. The third kappa shape index (κ3) is 4.44. The molecule has 1 saturated heterocycles. The number of likely N-dealkylation sites (tertiary alicyclic amines) is 1. The fourth-order valence-corrected chi connectivity index (χ4v) is 4.79. The van der Waals surface area contributed by atoms with E-state index in [1.54, 1.807) is 48.5 Å². The first-order valence-electron chi connectivity index (χ1n) is 9.02. The van der Waals surface area contributed by atoms with Crippen molar-refractivity contribution in [3.8, 4) is 0 Å². The molecule has 1 atom stereocenters. The van der Waals surface area contributed by atoms with E-state index in [0.29, 0.717) is 12.2 Å². The largest absolute Gasteiger partial charge is 0.390 e. The second-order valence-corrected chi connectivity index (χ2v) is 8.71. The van der Waals surface area contributed by atoms with Crippen LogP contribution in [0.2, 0.25) is 0 Å². The number of aryl methyl sites for hydroxylation is 1. The Hall–Kier alpha value is -1.89. The van der Waals surface area contributed by atoms with E-state index in [2.05, 4.69) is 4.90 Å². The maximum absolute atomic E-state index is 13.2. The van der Waals surface area contributed by atoms with Crippen molar-refractivity contribution in [1.29, 1.82) is 0 Å². The molecule has 0 radical (unpaired) electrons. The molecule has 2 aromatic rings. The van der Waals surface area contributed by atoms with Gasteiger partial charge in [-0.3, -0.25) is 4.31 Å². The highest BCUT2D eigenvalue weighted by Crippen LogP contribution is 2.24. The van der Waals surface area contributed by atoms with Gasteiger partial charge in [-0.1, -0.05) is 35.9 Å². The number of aliphatic hydroxyl groups excluding tert-OH is 1. The van der Waals surface area contributed by atoms with Gasteiger partial charge in [0.1, 0.15) is 0 Å². The first kappa shape index (κ1) is 18.9. The summed E-state index contributed by atoms with van der Waals surface area (Å²) in [5, 5.41) is 10.5. The van der Waals surface area contributed by atoms with Gasteiger partial charge in [-0.05, 0) is 57.1 Å². The summed E-state index contributed by atoms with van der Waals surface area (Å²) in [6.45, 7) is 4.38. The molecule has 140 valence electrons. The van der Waals surface area contributed by atoms with Crippen LogP contribution in [0.4, 0.5) is 5.69 Å². The lowest BCUT2D eigenvalue weighted by Crippen LogP contribution is -2.42. The molecular formula is C20H26N2O3S. The van der Waals surface area contributed by atoms with Crippen LogP contribution in [0.15, 0.2) is 59.5 Å². The Kier molecular flexibility index (Phi) is 5.96. The average molecular weight is 375 g/mol. The van der Waals surface area contributed by atoms with Gasteiger partial charge in [0.05, 0.1) is 23.2 Å². The van der Waals surface area contributed by atoms with E-state index in [9.17, 15) is 13.5 Å². The summed E-state index contributed by atoms with van der Waals surface area (Å²) < 4.78 is 27.8. The lowest BCUT2D eigenvalue weighted by atomic mass is 10.2. The van der Waals surface area contributed by atoms with Crippen molar-refractivity contribution in [3.63, 3.8) is 0 Å². The molecule has 1 aliphatic heterocycles. The molecule has 1 fully saturated rings. The van der Waals surface area contributed by atoms with Crippen molar-refractivity contribution < 1.29 is 13.5 Å². The minimum atomic E-state index is -3.74. The van der Waals surface area contributed by atoms with Crippen LogP contribution in [0.25, 0.3) is 0 Å². The minimum absolute atomic E-state index is 0.0384. The molecule has 1 N–H and O–H groups in total. The Morgan fingerprint density at radius 1 is 1.04 bits per heavy atom. The molecule has 1 aliphatic rings. The summed E-state index contributed by atoms with van der Waals surface area (Å²) in [5.41, 5.74) is 1.57. The molecule has 26 heavy (non-hydrogen) atoms. The van der Waals surface area contributed by atoms with Gasteiger partial charge < -0.3 is 10.0 Å². The van der Waals surface area contributed by atoms with Gasteiger partial charge in [0.2, 0.25) is 0 Å². The van der Waals surface area contributed by atoms with Gasteiger partial charge in [0.15, 0.2) is 0 Å². The molecule has 6 heteroatoms. The first-order valence-corrected chi connectivity index (χ1v) is 10.5. The third-order valence-corrected chi connectivity index (χ3v) is 6.51. The number of sulfonamides is 1. The fraction of sp³-hybridized carbons (Fsp3) is 0.400. The summed E-state index contributed by atoms with van der Waals surface area (Å²) in [6, 6.07) is 15.8. The van der Waals surface area contributed by atoms with E-state index in [0.717, 1.165) is 31.5 Å². The van der Waals surface area contributed by atoms with Gasteiger partial charge in [-0.2, -0.15) is 0 Å². The molecule has 5 nitrogen and oxygen atoms in total.